The zero-order valence-corrected chi connectivity index (χ0v) is 10.0. The molecule has 0 aromatic heterocycles. The molecule has 0 aliphatic rings. The Morgan fingerprint density at radius 3 is 2.08 bits per heavy atom. The van der Waals surface area contributed by atoms with E-state index in [2.05, 4.69) is 33.8 Å². The van der Waals surface area contributed by atoms with Crippen LogP contribution in [0.4, 0.5) is 0 Å². The third kappa shape index (κ3) is 1.58. The Bertz CT molecular complexity index is 329. The van der Waals surface area contributed by atoms with Crippen LogP contribution in [0.1, 0.15) is 22.3 Å². The Labute approximate surface area is 83.8 Å². The van der Waals surface area contributed by atoms with Crippen molar-refractivity contribution in [3.63, 3.8) is 0 Å². The average Bonchev–Trinajstić information content (AvgIpc) is 2.08. The summed E-state index contributed by atoms with van der Waals surface area (Å²) in [6, 6.07) is 2.05. The van der Waals surface area contributed by atoms with Gasteiger partial charge in [-0.1, -0.05) is 0 Å². The summed E-state index contributed by atoms with van der Waals surface area (Å²) in [7, 11) is 0. The van der Waals surface area contributed by atoms with Gasteiger partial charge < -0.3 is 0 Å². The predicted molar refractivity (Wildman–Crippen MR) is 58.8 cm³/mol. The molecule has 0 aliphatic heterocycles. The molecule has 1 rings (SSSR count). The van der Waals surface area contributed by atoms with Crippen LogP contribution in [0.2, 0.25) is 0 Å². The maximum absolute atomic E-state index is 10.9. The van der Waals surface area contributed by atoms with Crippen molar-refractivity contribution in [3.8, 4) is 0 Å². The Balaban J connectivity index is 3.49. The van der Waals surface area contributed by atoms with E-state index in [0.29, 0.717) is 0 Å². The third-order valence-corrected chi connectivity index (χ3v) is 4.10. The topological polar surface area (TPSA) is 17.1 Å². The monoisotopic (exact) mass is 276 g/mol. The number of hydrogen-bond donors (Lipinski definition) is 0. The molecule has 2 heteroatoms. The second-order valence-electron chi connectivity index (χ2n) is 3.13. The molecule has 0 saturated carbocycles. The van der Waals surface area contributed by atoms with Gasteiger partial charge in [-0.05, 0) is 56.0 Å². The molecule has 66 valence electrons. The SMILES string of the molecule is Cc1cc(I=O)c(C)c(C)c1C. The van der Waals surface area contributed by atoms with Crippen molar-refractivity contribution in [2.24, 2.45) is 0 Å². The molecule has 0 heterocycles. The zero-order valence-electron chi connectivity index (χ0n) is 7.86. The van der Waals surface area contributed by atoms with Gasteiger partial charge in [0, 0.05) is 3.57 Å². The maximum atomic E-state index is 10.9. The Morgan fingerprint density at radius 1 is 1.00 bits per heavy atom. The summed E-state index contributed by atoms with van der Waals surface area (Å²) >= 11 is -1.01. The largest absolute Gasteiger partial charge is 0.265 e. The molecule has 0 bridgehead atoms. The zero-order chi connectivity index (χ0) is 9.30. The van der Waals surface area contributed by atoms with Crippen molar-refractivity contribution in [1.82, 2.24) is 0 Å². The van der Waals surface area contributed by atoms with E-state index < -0.39 is 21.2 Å². The molecule has 0 saturated heterocycles. The first-order valence-electron chi connectivity index (χ1n) is 3.92. The van der Waals surface area contributed by atoms with E-state index in [4.69, 9.17) is 0 Å². The molecular weight excluding hydrogens is 263 g/mol. The summed E-state index contributed by atoms with van der Waals surface area (Å²) in [5, 5.41) is 0. The van der Waals surface area contributed by atoms with Crippen LogP contribution in [-0.4, -0.2) is 0 Å². The van der Waals surface area contributed by atoms with Gasteiger partial charge >= 0.3 is 0 Å². The summed E-state index contributed by atoms with van der Waals surface area (Å²) in [6.07, 6.45) is 0. The smallest absolute Gasteiger partial charge is 0.182 e. The van der Waals surface area contributed by atoms with Gasteiger partial charge in [0.1, 0.15) is 0 Å². The maximum Gasteiger partial charge on any atom is 0.182 e. The molecule has 0 atom stereocenters. The van der Waals surface area contributed by atoms with Crippen molar-refractivity contribution in [3.05, 3.63) is 31.9 Å². The van der Waals surface area contributed by atoms with E-state index in [1.165, 1.54) is 22.3 Å². The lowest BCUT2D eigenvalue weighted by Gasteiger charge is -2.09. The van der Waals surface area contributed by atoms with Crippen LogP contribution in [0, 0.1) is 31.3 Å². The molecule has 0 aliphatic carbocycles. The van der Waals surface area contributed by atoms with Crippen LogP contribution in [0.3, 0.4) is 0 Å². The first-order valence-corrected chi connectivity index (χ1v) is 5.88. The summed E-state index contributed by atoms with van der Waals surface area (Å²) in [6.45, 7) is 8.34. The minimum atomic E-state index is -1.01. The normalized spacial score (nSPS) is 10.3. The highest BCUT2D eigenvalue weighted by Crippen LogP contribution is 2.24. The molecule has 1 aromatic rings. The molecule has 0 fully saturated rings. The number of benzene rings is 1. The van der Waals surface area contributed by atoms with E-state index in [9.17, 15) is 3.07 Å². The minimum absolute atomic E-state index is 1.01. The third-order valence-electron chi connectivity index (χ3n) is 2.50. The molecule has 0 unspecified atom stereocenters. The Hall–Kier alpha value is -0.250. The van der Waals surface area contributed by atoms with Gasteiger partial charge in [-0.3, -0.25) is 3.07 Å². The summed E-state index contributed by atoms with van der Waals surface area (Å²) < 4.78 is 11.9. The second kappa shape index (κ2) is 3.64. The first kappa shape index (κ1) is 9.84. The van der Waals surface area contributed by atoms with Crippen LogP contribution in [0.15, 0.2) is 6.07 Å². The number of hydrogen-bond acceptors (Lipinski definition) is 1. The molecule has 0 N–H and O–H groups in total. The Morgan fingerprint density at radius 2 is 1.58 bits per heavy atom. The molecule has 1 aromatic carbocycles. The number of aryl methyl sites for hydroxylation is 1. The van der Waals surface area contributed by atoms with Crippen molar-refractivity contribution in [2.45, 2.75) is 27.7 Å². The predicted octanol–water partition coefficient (Wildman–Crippen LogP) is 3.41. The first-order chi connectivity index (χ1) is 5.57. The van der Waals surface area contributed by atoms with E-state index in [1.807, 2.05) is 0 Å². The molecule has 1 nitrogen and oxygen atoms in total. The summed E-state index contributed by atoms with van der Waals surface area (Å²) in [5.41, 5.74) is 5.08. The molecular formula is C10H13IO. The quantitative estimate of drug-likeness (QED) is 0.718. The van der Waals surface area contributed by atoms with Crippen molar-refractivity contribution in [1.29, 1.82) is 0 Å². The van der Waals surface area contributed by atoms with Crippen molar-refractivity contribution >= 4 is 21.2 Å². The van der Waals surface area contributed by atoms with Crippen molar-refractivity contribution < 1.29 is 3.07 Å². The summed E-state index contributed by atoms with van der Waals surface area (Å²) in [4.78, 5) is 0. The Kier molecular flexibility index (Phi) is 2.99. The van der Waals surface area contributed by atoms with Gasteiger partial charge in [0.05, 0.1) is 0 Å². The van der Waals surface area contributed by atoms with E-state index in [1.54, 1.807) is 0 Å². The van der Waals surface area contributed by atoms with Crippen LogP contribution in [-0.2, 0) is 3.07 Å². The molecule has 12 heavy (non-hydrogen) atoms. The molecule has 0 amide bonds. The van der Waals surface area contributed by atoms with Crippen molar-refractivity contribution in [2.75, 3.05) is 0 Å². The van der Waals surface area contributed by atoms with Gasteiger partial charge in [0.2, 0.25) is 0 Å². The van der Waals surface area contributed by atoms with Crippen LogP contribution >= 0.6 is 21.2 Å². The number of halogens is 1. The van der Waals surface area contributed by atoms with E-state index >= 15 is 0 Å². The number of rotatable bonds is 1. The highest BCUT2D eigenvalue weighted by atomic mass is 127. The molecule has 0 radical (unpaired) electrons. The van der Waals surface area contributed by atoms with E-state index in [0.717, 1.165) is 3.57 Å². The highest BCUT2D eigenvalue weighted by molar-refractivity contribution is 14.1. The van der Waals surface area contributed by atoms with Crippen LogP contribution < -0.4 is 0 Å². The fourth-order valence-electron chi connectivity index (χ4n) is 1.24. The summed E-state index contributed by atoms with van der Waals surface area (Å²) in [5.74, 6) is 0. The van der Waals surface area contributed by atoms with Gasteiger partial charge in [-0.15, -0.1) is 0 Å². The minimum Gasteiger partial charge on any atom is -0.265 e. The highest BCUT2D eigenvalue weighted by Gasteiger charge is 2.06. The molecule has 0 spiro atoms. The lowest BCUT2D eigenvalue weighted by molar-refractivity contribution is 0.648. The van der Waals surface area contributed by atoms with E-state index in [-0.39, 0.29) is 0 Å². The standard InChI is InChI=1S/C10H13IO/c1-6-5-10(11-12)9(4)8(3)7(6)2/h5H,1-4H3. The van der Waals surface area contributed by atoms with Crippen LogP contribution in [0.25, 0.3) is 0 Å². The van der Waals surface area contributed by atoms with Gasteiger partial charge in [-0.2, -0.15) is 0 Å². The fourth-order valence-corrected chi connectivity index (χ4v) is 2.57. The van der Waals surface area contributed by atoms with Gasteiger partial charge in [0.25, 0.3) is 0 Å². The lowest BCUT2D eigenvalue weighted by Crippen LogP contribution is -1.93. The average molecular weight is 276 g/mol. The lowest BCUT2D eigenvalue weighted by atomic mass is 10.0. The fraction of sp³-hybridized carbons (Fsp3) is 0.400. The van der Waals surface area contributed by atoms with Crippen LogP contribution in [0.5, 0.6) is 0 Å². The second-order valence-corrected chi connectivity index (χ2v) is 4.73. The van der Waals surface area contributed by atoms with Gasteiger partial charge in [-0.25, -0.2) is 0 Å². The van der Waals surface area contributed by atoms with Gasteiger partial charge in [0.15, 0.2) is 21.2 Å².